The Morgan fingerprint density at radius 3 is 2.30 bits per heavy atom. The van der Waals surface area contributed by atoms with Crippen LogP contribution in [0.3, 0.4) is 0 Å². The van der Waals surface area contributed by atoms with Crippen molar-refractivity contribution in [2.45, 2.75) is 11.1 Å². The Bertz CT molecular complexity index is 1470. The van der Waals surface area contributed by atoms with Crippen LogP contribution in [0.4, 0.5) is 18.9 Å². The molecule has 4 rings (SSSR count). The second-order valence-electron chi connectivity index (χ2n) is 7.15. The van der Waals surface area contributed by atoms with Crippen molar-refractivity contribution in [3.05, 3.63) is 90.1 Å². The van der Waals surface area contributed by atoms with Crippen molar-refractivity contribution in [1.29, 1.82) is 0 Å². The minimum absolute atomic E-state index is 0.0488. The first kappa shape index (κ1) is 22.4. The number of nitrogens with two attached hydrogens (primary N) is 1. The van der Waals surface area contributed by atoms with E-state index in [9.17, 15) is 26.4 Å². The standard InChI is InChI=1S/C23H16F3N3O3S/c24-23(25,26)18-10-4-8-15-12-16(13-28-20(15)18)22(30)29-19-11-5-9-17(21(19)33(27,31)32)14-6-2-1-3-7-14/h1-13H,(H,29,30)(H2,27,31,32). The summed E-state index contributed by atoms with van der Waals surface area (Å²) in [6, 6.07) is 17.9. The summed E-state index contributed by atoms with van der Waals surface area (Å²) in [6.45, 7) is 0. The molecule has 3 N–H and O–H groups in total. The molecule has 0 radical (unpaired) electrons. The summed E-state index contributed by atoms with van der Waals surface area (Å²) in [5, 5.41) is 8.05. The first-order valence-electron chi connectivity index (χ1n) is 9.54. The average Bonchev–Trinajstić information content (AvgIpc) is 2.77. The Hall–Kier alpha value is -3.76. The highest BCUT2D eigenvalue weighted by atomic mass is 32.2. The van der Waals surface area contributed by atoms with E-state index in [2.05, 4.69) is 10.3 Å². The van der Waals surface area contributed by atoms with Crippen LogP contribution in [-0.2, 0) is 16.2 Å². The Morgan fingerprint density at radius 2 is 1.64 bits per heavy atom. The van der Waals surface area contributed by atoms with Crippen LogP contribution in [0.1, 0.15) is 15.9 Å². The molecule has 0 saturated carbocycles. The van der Waals surface area contributed by atoms with E-state index in [4.69, 9.17) is 5.14 Å². The number of pyridine rings is 1. The topological polar surface area (TPSA) is 102 Å². The third-order valence-electron chi connectivity index (χ3n) is 4.91. The lowest BCUT2D eigenvalue weighted by Crippen LogP contribution is -2.19. The SMILES string of the molecule is NS(=O)(=O)c1c(NC(=O)c2cnc3c(C(F)(F)F)cccc3c2)cccc1-c1ccccc1. The number of carbonyl (C=O) groups is 1. The highest BCUT2D eigenvalue weighted by Gasteiger charge is 2.33. The predicted molar refractivity (Wildman–Crippen MR) is 118 cm³/mol. The van der Waals surface area contributed by atoms with Gasteiger partial charge in [-0.2, -0.15) is 13.2 Å². The number of halogens is 3. The van der Waals surface area contributed by atoms with Crippen molar-refractivity contribution in [2.24, 2.45) is 5.14 Å². The number of para-hydroxylation sites is 1. The van der Waals surface area contributed by atoms with E-state index in [1.54, 1.807) is 42.5 Å². The van der Waals surface area contributed by atoms with Crippen LogP contribution in [0.2, 0.25) is 0 Å². The fourth-order valence-electron chi connectivity index (χ4n) is 3.50. The first-order chi connectivity index (χ1) is 15.6. The average molecular weight is 471 g/mol. The number of aromatic nitrogens is 1. The molecular formula is C23H16F3N3O3S. The number of fused-ring (bicyclic) bond motifs is 1. The molecule has 1 aromatic heterocycles. The molecule has 0 fully saturated rings. The minimum Gasteiger partial charge on any atom is -0.321 e. The lowest BCUT2D eigenvalue weighted by atomic mass is 10.0. The van der Waals surface area contributed by atoms with E-state index in [1.807, 2.05) is 0 Å². The smallest absolute Gasteiger partial charge is 0.321 e. The largest absolute Gasteiger partial charge is 0.418 e. The Balaban J connectivity index is 1.76. The number of carbonyl (C=O) groups excluding carboxylic acids is 1. The Kier molecular flexibility index (Phi) is 5.64. The first-order valence-corrected chi connectivity index (χ1v) is 11.1. The number of anilines is 1. The maximum absolute atomic E-state index is 13.2. The van der Waals surface area contributed by atoms with Gasteiger partial charge in [-0.25, -0.2) is 13.6 Å². The van der Waals surface area contributed by atoms with Crippen molar-refractivity contribution in [1.82, 2.24) is 4.98 Å². The van der Waals surface area contributed by atoms with Crippen molar-refractivity contribution in [3.8, 4) is 11.1 Å². The third kappa shape index (κ3) is 4.57. The Morgan fingerprint density at radius 1 is 0.939 bits per heavy atom. The number of primary sulfonamides is 1. The normalized spacial score (nSPS) is 12.0. The van der Waals surface area contributed by atoms with E-state index >= 15 is 0 Å². The van der Waals surface area contributed by atoms with Gasteiger partial charge in [0.25, 0.3) is 5.91 Å². The molecule has 4 aromatic rings. The molecule has 0 unspecified atom stereocenters. The number of hydrogen-bond acceptors (Lipinski definition) is 4. The summed E-state index contributed by atoms with van der Waals surface area (Å²) in [5.41, 5.74) is -0.454. The quantitative estimate of drug-likeness (QED) is 0.445. The molecule has 0 atom stereocenters. The second kappa shape index (κ2) is 8.30. The number of hydrogen-bond donors (Lipinski definition) is 2. The van der Waals surface area contributed by atoms with Crippen molar-refractivity contribution in [2.75, 3.05) is 5.32 Å². The summed E-state index contributed by atoms with van der Waals surface area (Å²) in [5.74, 6) is -0.753. The zero-order chi connectivity index (χ0) is 23.8. The summed E-state index contributed by atoms with van der Waals surface area (Å²) in [4.78, 5) is 16.4. The molecule has 0 bridgehead atoms. The molecule has 33 heavy (non-hydrogen) atoms. The van der Waals surface area contributed by atoms with Crippen LogP contribution in [0, 0.1) is 0 Å². The van der Waals surface area contributed by atoms with E-state index in [0.717, 1.165) is 12.3 Å². The number of benzene rings is 3. The van der Waals surface area contributed by atoms with Crippen LogP contribution >= 0.6 is 0 Å². The molecular weight excluding hydrogens is 455 g/mol. The highest BCUT2D eigenvalue weighted by Crippen LogP contribution is 2.35. The van der Waals surface area contributed by atoms with E-state index in [1.165, 1.54) is 24.3 Å². The molecule has 3 aromatic carbocycles. The van der Waals surface area contributed by atoms with Gasteiger partial charge in [-0.05, 0) is 23.8 Å². The lowest BCUT2D eigenvalue weighted by molar-refractivity contribution is -0.136. The van der Waals surface area contributed by atoms with Crippen molar-refractivity contribution in [3.63, 3.8) is 0 Å². The third-order valence-corrected chi connectivity index (χ3v) is 5.92. The van der Waals surface area contributed by atoms with Gasteiger partial charge in [0.1, 0.15) is 4.90 Å². The van der Waals surface area contributed by atoms with Crippen LogP contribution < -0.4 is 10.5 Å². The fourth-order valence-corrected chi connectivity index (χ4v) is 4.41. The molecule has 6 nitrogen and oxygen atoms in total. The molecule has 10 heteroatoms. The summed E-state index contributed by atoms with van der Waals surface area (Å²) >= 11 is 0. The van der Waals surface area contributed by atoms with Crippen molar-refractivity contribution >= 4 is 32.5 Å². The van der Waals surface area contributed by atoms with Gasteiger partial charge >= 0.3 is 6.18 Å². The van der Waals surface area contributed by atoms with Crippen LogP contribution in [-0.4, -0.2) is 19.3 Å². The Labute approximate surface area is 186 Å². The summed E-state index contributed by atoms with van der Waals surface area (Å²) in [7, 11) is -4.25. The van der Waals surface area contributed by atoms with Gasteiger partial charge in [-0.1, -0.05) is 54.6 Å². The van der Waals surface area contributed by atoms with E-state index in [0.29, 0.717) is 11.1 Å². The lowest BCUT2D eigenvalue weighted by Gasteiger charge is -2.15. The van der Waals surface area contributed by atoms with Gasteiger partial charge < -0.3 is 5.32 Å². The fraction of sp³-hybridized carbons (Fsp3) is 0.0435. The van der Waals surface area contributed by atoms with Gasteiger partial charge in [-0.15, -0.1) is 0 Å². The minimum atomic E-state index is -4.60. The predicted octanol–water partition coefficient (Wildman–Crippen LogP) is 4.82. The van der Waals surface area contributed by atoms with Gasteiger partial charge in [0, 0.05) is 17.1 Å². The van der Waals surface area contributed by atoms with Gasteiger partial charge in [0.15, 0.2) is 0 Å². The summed E-state index contributed by atoms with van der Waals surface area (Å²) in [6.07, 6.45) is -3.59. The molecule has 0 spiro atoms. The zero-order valence-corrected chi connectivity index (χ0v) is 17.6. The maximum Gasteiger partial charge on any atom is 0.418 e. The monoisotopic (exact) mass is 471 g/mol. The number of nitrogens with zero attached hydrogens (tertiary/aromatic N) is 1. The van der Waals surface area contributed by atoms with E-state index in [-0.39, 0.29) is 27.0 Å². The maximum atomic E-state index is 13.2. The van der Waals surface area contributed by atoms with Crippen molar-refractivity contribution < 1.29 is 26.4 Å². The molecule has 0 aliphatic carbocycles. The highest BCUT2D eigenvalue weighted by molar-refractivity contribution is 7.89. The molecule has 1 heterocycles. The summed E-state index contributed by atoms with van der Waals surface area (Å²) < 4.78 is 64.4. The van der Waals surface area contributed by atoms with Crippen LogP contribution in [0.25, 0.3) is 22.0 Å². The molecule has 1 amide bonds. The van der Waals surface area contributed by atoms with Crippen LogP contribution in [0.15, 0.2) is 83.9 Å². The van der Waals surface area contributed by atoms with Crippen LogP contribution in [0.5, 0.6) is 0 Å². The molecule has 0 saturated heterocycles. The molecule has 168 valence electrons. The molecule has 0 aliphatic heterocycles. The van der Waals surface area contributed by atoms with Gasteiger partial charge in [-0.3, -0.25) is 9.78 Å². The second-order valence-corrected chi connectivity index (χ2v) is 8.64. The number of amides is 1. The van der Waals surface area contributed by atoms with Gasteiger partial charge in [0.2, 0.25) is 10.0 Å². The number of sulfonamides is 1. The number of rotatable bonds is 4. The van der Waals surface area contributed by atoms with E-state index < -0.39 is 27.7 Å². The zero-order valence-electron chi connectivity index (χ0n) is 16.8. The number of nitrogens with one attached hydrogen (secondary N) is 1. The molecule has 0 aliphatic rings. The number of alkyl halides is 3. The van der Waals surface area contributed by atoms with Gasteiger partial charge in [0.05, 0.1) is 22.3 Å².